The molecule has 1 aromatic carbocycles. The van der Waals surface area contributed by atoms with E-state index in [2.05, 4.69) is 4.99 Å². The number of benzene rings is 1. The van der Waals surface area contributed by atoms with Crippen LogP contribution in [0.3, 0.4) is 0 Å². The van der Waals surface area contributed by atoms with Crippen molar-refractivity contribution in [2.24, 2.45) is 4.99 Å². The number of thiophene rings is 1. The number of rotatable bonds is 3. The zero-order chi connectivity index (χ0) is 14.8. The topological polar surface area (TPSA) is 81.8 Å². The average molecular weight is 300 g/mol. The highest BCUT2D eigenvalue weighted by atomic mass is 32.1. The number of hydrogen-bond donors (Lipinski definition) is 0. The van der Waals surface area contributed by atoms with Gasteiger partial charge in [0.1, 0.15) is 0 Å². The van der Waals surface area contributed by atoms with Crippen LogP contribution in [0.25, 0.3) is 6.08 Å². The summed E-state index contributed by atoms with van der Waals surface area (Å²) in [5, 5.41) is 14.5. The second kappa shape index (κ2) is 5.29. The van der Waals surface area contributed by atoms with Gasteiger partial charge in [0.2, 0.25) is 5.90 Å². The van der Waals surface area contributed by atoms with Gasteiger partial charge in [-0.15, -0.1) is 0 Å². The van der Waals surface area contributed by atoms with Crippen LogP contribution in [0.1, 0.15) is 11.1 Å². The number of cyclic esters (lactones) is 1. The fourth-order valence-corrected chi connectivity index (χ4v) is 2.42. The molecule has 1 aliphatic heterocycles. The van der Waals surface area contributed by atoms with Crippen molar-refractivity contribution in [1.29, 1.82) is 0 Å². The molecule has 0 saturated heterocycles. The van der Waals surface area contributed by atoms with Crippen molar-refractivity contribution in [1.82, 2.24) is 0 Å². The van der Waals surface area contributed by atoms with Gasteiger partial charge in [-0.2, -0.15) is 11.3 Å². The largest absolute Gasteiger partial charge is 0.402 e. The average Bonchev–Trinajstić information content (AvgIpc) is 3.10. The van der Waals surface area contributed by atoms with Crippen LogP contribution in [-0.2, 0) is 9.53 Å². The minimum atomic E-state index is -0.567. The Morgan fingerprint density at radius 3 is 2.90 bits per heavy atom. The highest BCUT2D eigenvalue weighted by molar-refractivity contribution is 7.08. The van der Waals surface area contributed by atoms with Crippen LogP contribution >= 0.6 is 11.3 Å². The molecular formula is C14H8N2O4S. The quantitative estimate of drug-likeness (QED) is 0.377. The van der Waals surface area contributed by atoms with Gasteiger partial charge in [0.05, 0.1) is 4.92 Å². The van der Waals surface area contributed by atoms with E-state index in [9.17, 15) is 14.9 Å². The number of nitrogens with zero attached hydrogens (tertiary/aromatic N) is 2. The molecule has 104 valence electrons. The fraction of sp³-hybridized carbons (Fsp3) is 0. The monoisotopic (exact) mass is 300 g/mol. The zero-order valence-corrected chi connectivity index (χ0v) is 11.4. The zero-order valence-electron chi connectivity index (χ0n) is 10.6. The molecule has 0 N–H and O–H groups in total. The molecule has 0 atom stereocenters. The Bertz CT molecular complexity index is 778. The molecule has 0 bridgehead atoms. The maximum absolute atomic E-state index is 11.8. The number of ether oxygens (including phenoxy) is 1. The number of nitro benzene ring substituents is 1. The molecule has 6 nitrogen and oxygen atoms in total. The van der Waals surface area contributed by atoms with Crippen molar-refractivity contribution in [2.45, 2.75) is 0 Å². The maximum Gasteiger partial charge on any atom is 0.363 e. The summed E-state index contributed by atoms with van der Waals surface area (Å²) < 4.78 is 5.07. The van der Waals surface area contributed by atoms with Crippen LogP contribution in [-0.4, -0.2) is 16.8 Å². The summed E-state index contributed by atoms with van der Waals surface area (Å²) in [6, 6.07) is 7.66. The summed E-state index contributed by atoms with van der Waals surface area (Å²) >= 11 is 1.51. The standard InChI is InChI=1S/C14H8N2O4S/c17-14-12(6-9-4-5-21-8-9)15-13(20-14)10-2-1-3-11(7-10)16(18)19/h1-8H/b12-6-. The summed E-state index contributed by atoms with van der Waals surface area (Å²) in [6.45, 7) is 0. The lowest BCUT2D eigenvalue weighted by Gasteiger charge is -1.98. The maximum atomic E-state index is 11.8. The van der Waals surface area contributed by atoms with Gasteiger partial charge in [0.25, 0.3) is 5.69 Å². The second-order valence-corrected chi connectivity index (χ2v) is 4.98. The van der Waals surface area contributed by atoms with Gasteiger partial charge in [-0.3, -0.25) is 10.1 Å². The van der Waals surface area contributed by atoms with Crippen LogP contribution < -0.4 is 0 Å². The van der Waals surface area contributed by atoms with E-state index in [0.29, 0.717) is 5.56 Å². The number of non-ortho nitro benzene ring substituents is 1. The Kier molecular flexibility index (Phi) is 3.33. The highest BCUT2D eigenvalue weighted by Crippen LogP contribution is 2.22. The smallest absolute Gasteiger partial charge is 0.363 e. The number of carbonyl (C=O) groups is 1. The van der Waals surface area contributed by atoms with Crippen molar-refractivity contribution in [2.75, 3.05) is 0 Å². The van der Waals surface area contributed by atoms with E-state index in [1.807, 2.05) is 16.8 Å². The predicted octanol–water partition coefficient (Wildman–Crippen LogP) is 3.00. The van der Waals surface area contributed by atoms with Gasteiger partial charge in [0, 0.05) is 17.7 Å². The first-order valence-corrected chi connectivity index (χ1v) is 6.87. The minimum Gasteiger partial charge on any atom is -0.402 e. The SMILES string of the molecule is O=C1OC(c2cccc([N+](=O)[O-])c2)=N/C1=C\c1ccsc1. The molecule has 0 unspecified atom stereocenters. The highest BCUT2D eigenvalue weighted by Gasteiger charge is 2.25. The van der Waals surface area contributed by atoms with E-state index >= 15 is 0 Å². The van der Waals surface area contributed by atoms with E-state index < -0.39 is 10.9 Å². The lowest BCUT2D eigenvalue weighted by Crippen LogP contribution is -2.05. The summed E-state index contributed by atoms with van der Waals surface area (Å²) in [6.07, 6.45) is 1.61. The summed E-state index contributed by atoms with van der Waals surface area (Å²) in [5.74, 6) is -0.493. The molecule has 2 heterocycles. The van der Waals surface area contributed by atoms with Gasteiger partial charge in [-0.25, -0.2) is 9.79 Å². The second-order valence-electron chi connectivity index (χ2n) is 4.20. The third kappa shape index (κ3) is 2.72. The molecule has 7 heteroatoms. The molecule has 0 aliphatic carbocycles. The molecule has 0 amide bonds. The Morgan fingerprint density at radius 2 is 2.19 bits per heavy atom. The lowest BCUT2D eigenvalue weighted by molar-refractivity contribution is -0.384. The first-order chi connectivity index (χ1) is 10.1. The molecule has 0 spiro atoms. The van der Waals surface area contributed by atoms with Crippen molar-refractivity contribution >= 4 is 35.0 Å². The first-order valence-electron chi connectivity index (χ1n) is 5.93. The van der Waals surface area contributed by atoms with Crippen LogP contribution in [0, 0.1) is 10.1 Å². The first kappa shape index (κ1) is 13.2. The Morgan fingerprint density at radius 1 is 1.33 bits per heavy atom. The van der Waals surface area contributed by atoms with Crippen molar-refractivity contribution in [3.63, 3.8) is 0 Å². The molecule has 2 aromatic rings. The van der Waals surface area contributed by atoms with E-state index in [1.54, 1.807) is 12.1 Å². The molecule has 1 aliphatic rings. The van der Waals surface area contributed by atoms with Crippen LogP contribution in [0.15, 0.2) is 51.8 Å². The van der Waals surface area contributed by atoms with E-state index in [1.165, 1.54) is 29.5 Å². The Hall–Kier alpha value is -2.80. The fourth-order valence-electron chi connectivity index (χ4n) is 1.80. The number of aliphatic imine (C=N–C) groups is 1. The molecule has 1 aromatic heterocycles. The molecule has 0 fully saturated rings. The summed E-state index contributed by atoms with van der Waals surface area (Å²) in [5.41, 5.74) is 1.35. The van der Waals surface area contributed by atoms with Crippen molar-refractivity contribution in [3.8, 4) is 0 Å². The molecule has 21 heavy (non-hydrogen) atoms. The number of nitro groups is 1. The van der Waals surface area contributed by atoms with Crippen LogP contribution in [0.5, 0.6) is 0 Å². The molecule has 3 rings (SSSR count). The van der Waals surface area contributed by atoms with Crippen molar-refractivity contribution in [3.05, 3.63) is 68.0 Å². The molecule has 0 radical (unpaired) electrons. The van der Waals surface area contributed by atoms with Gasteiger partial charge in [-0.1, -0.05) is 6.07 Å². The summed E-state index contributed by atoms with van der Waals surface area (Å²) in [4.78, 5) is 26.1. The van der Waals surface area contributed by atoms with Gasteiger partial charge in [0.15, 0.2) is 5.70 Å². The third-order valence-corrected chi connectivity index (χ3v) is 3.47. The summed E-state index contributed by atoms with van der Waals surface area (Å²) in [7, 11) is 0. The van der Waals surface area contributed by atoms with E-state index in [0.717, 1.165) is 5.56 Å². The Labute approximate surface area is 123 Å². The van der Waals surface area contributed by atoms with Gasteiger partial charge >= 0.3 is 5.97 Å². The lowest BCUT2D eigenvalue weighted by atomic mass is 10.2. The van der Waals surface area contributed by atoms with Gasteiger partial charge < -0.3 is 4.74 Å². The number of carbonyl (C=O) groups excluding carboxylic acids is 1. The number of hydrogen-bond acceptors (Lipinski definition) is 6. The Balaban J connectivity index is 1.95. The minimum absolute atomic E-state index is 0.0742. The van der Waals surface area contributed by atoms with Crippen LogP contribution in [0.2, 0.25) is 0 Å². The molecular weight excluding hydrogens is 292 g/mol. The predicted molar refractivity (Wildman–Crippen MR) is 78.0 cm³/mol. The third-order valence-electron chi connectivity index (χ3n) is 2.77. The van der Waals surface area contributed by atoms with E-state index in [4.69, 9.17) is 4.74 Å². The van der Waals surface area contributed by atoms with Crippen molar-refractivity contribution < 1.29 is 14.5 Å². The number of esters is 1. The molecule has 0 saturated carbocycles. The normalized spacial score (nSPS) is 15.9. The van der Waals surface area contributed by atoms with E-state index in [-0.39, 0.29) is 17.3 Å². The van der Waals surface area contributed by atoms with Crippen LogP contribution in [0.4, 0.5) is 5.69 Å². The van der Waals surface area contributed by atoms with Gasteiger partial charge in [-0.05, 0) is 34.5 Å².